The Bertz CT molecular complexity index is 362. The maximum absolute atomic E-state index is 13.3. The van der Waals surface area contributed by atoms with Crippen molar-refractivity contribution in [3.63, 3.8) is 0 Å². The Kier molecular flexibility index (Phi) is 3.41. The molecule has 2 rings (SSSR count). The Morgan fingerprint density at radius 3 is 2.88 bits per heavy atom. The summed E-state index contributed by atoms with van der Waals surface area (Å²) in [6.07, 6.45) is -0.0538. The van der Waals surface area contributed by atoms with Crippen molar-refractivity contribution < 1.29 is 9.13 Å². The van der Waals surface area contributed by atoms with E-state index >= 15 is 0 Å². The quantitative estimate of drug-likeness (QED) is 0.825. The van der Waals surface area contributed by atoms with Crippen molar-refractivity contribution in [2.75, 3.05) is 38.7 Å². The fraction of sp³-hybridized carbons (Fsp3) is 0.500. The standard InChI is InChI=1S/C12H17FN2O/c1-15(2)11-4-3-9(13)7-10(11)12-8-14-5-6-16-12/h3-4,7,12,14H,5-6,8H2,1-2H3. The lowest BCUT2D eigenvalue weighted by Crippen LogP contribution is -2.34. The molecule has 0 radical (unpaired) electrons. The van der Waals surface area contributed by atoms with Crippen LogP contribution in [-0.4, -0.2) is 33.8 Å². The molecule has 16 heavy (non-hydrogen) atoms. The second kappa shape index (κ2) is 4.80. The maximum Gasteiger partial charge on any atom is 0.123 e. The Balaban J connectivity index is 2.32. The summed E-state index contributed by atoms with van der Waals surface area (Å²) in [5.41, 5.74) is 1.92. The van der Waals surface area contributed by atoms with Crippen LogP contribution in [0.3, 0.4) is 0 Å². The van der Waals surface area contributed by atoms with E-state index in [0.29, 0.717) is 6.61 Å². The largest absolute Gasteiger partial charge is 0.377 e. The molecule has 3 nitrogen and oxygen atoms in total. The molecule has 1 saturated heterocycles. The molecule has 0 spiro atoms. The van der Waals surface area contributed by atoms with Crippen molar-refractivity contribution in [3.05, 3.63) is 29.6 Å². The zero-order chi connectivity index (χ0) is 11.5. The van der Waals surface area contributed by atoms with Crippen LogP contribution in [-0.2, 0) is 4.74 Å². The lowest BCUT2D eigenvalue weighted by molar-refractivity contribution is 0.0278. The Labute approximate surface area is 95.2 Å². The average Bonchev–Trinajstić information content (AvgIpc) is 2.29. The summed E-state index contributed by atoms with van der Waals surface area (Å²) in [6, 6.07) is 4.84. The first-order valence-electron chi connectivity index (χ1n) is 5.47. The van der Waals surface area contributed by atoms with E-state index in [0.717, 1.165) is 24.3 Å². The predicted molar refractivity (Wildman–Crippen MR) is 62.3 cm³/mol. The van der Waals surface area contributed by atoms with Crippen LogP contribution >= 0.6 is 0 Å². The number of morpholine rings is 1. The average molecular weight is 224 g/mol. The highest BCUT2D eigenvalue weighted by molar-refractivity contribution is 5.54. The lowest BCUT2D eigenvalue weighted by atomic mass is 10.1. The molecule has 0 amide bonds. The Morgan fingerprint density at radius 2 is 2.25 bits per heavy atom. The number of ether oxygens (including phenoxy) is 1. The number of benzene rings is 1. The van der Waals surface area contributed by atoms with Gasteiger partial charge in [0.15, 0.2) is 0 Å². The minimum Gasteiger partial charge on any atom is -0.377 e. The monoisotopic (exact) mass is 224 g/mol. The molecule has 1 aliphatic heterocycles. The minimum absolute atomic E-state index is 0.0538. The van der Waals surface area contributed by atoms with Crippen molar-refractivity contribution in [2.45, 2.75) is 6.10 Å². The van der Waals surface area contributed by atoms with Gasteiger partial charge in [-0.1, -0.05) is 0 Å². The highest BCUT2D eigenvalue weighted by atomic mass is 19.1. The summed E-state index contributed by atoms with van der Waals surface area (Å²) in [4.78, 5) is 1.98. The molecule has 1 fully saturated rings. The number of nitrogens with one attached hydrogen (secondary N) is 1. The molecule has 1 unspecified atom stereocenters. The molecule has 0 aromatic heterocycles. The fourth-order valence-electron chi connectivity index (χ4n) is 1.96. The van der Waals surface area contributed by atoms with E-state index in [9.17, 15) is 4.39 Å². The first-order valence-corrected chi connectivity index (χ1v) is 5.47. The molecule has 4 heteroatoms. The van der Waals surface area contributed by atoms with Gasteiger partial charge >= 0.3 is 0 Å². The molecule has 88 valence electrons. The first-order chi connectivity index (χ1) is 7.68. The second-order valence-electron chi connectivity index (χ2n) is 4.16. The van der Waals surface area contributed by atoms with Gasteiger partial charge < -0.3 is 15.0 Å². The first kappa shape index (κ1) is 11.4. The fourth-order valence-corrected chi connectivity index (χ4v) is 1.96. The van der Waals surface area contributed by atoms with Crippen LogP contribution in [0.1, 0.15) is 11.7 Å². The van der Waals surface area contributed by atoms with Gasteiger partial charge in [0.25, 0.3) is 0 Å². The number of halogens is 1. The molecule has 1 aromatic rings. The summed E-state index contributed by atoms with van der Waals surface area (Å²) >= 11 is 0. The van der Waals surface area contributed by atoms with Gasteiger partial charge in [-0.3, -0.25) is 0 Å². The van der Waals surface area contributed by atoms with Crippen LogP contribution in [0, 0.1) is 5.82 Å². The number of hydrogen-bond acceptors (Lipinski definition) is 3. The summed E-state index contributed by atoms with van der Waals surface area (Å²) < 4.78 is 18.9. The van der Waals surface area contributed by atoms with E-state index in [1.165, 1.54) is 6.07 Å². The van der Waals surface area contributed by atoms with Crippen LogP contribution in [0.25, 0.3) is 0 Å². The third-order valence-corrected chi connectivity index (χ3v) is 2.75. The minimum atomic E-state index is -0.213. The van der Waals surface area contributed by atoms with Gasteiger partial charge in [-0.05, 0) is 18.2 Å². The van der Waals surface area contributed by atoms with Gasteiger partial charge in [0.2, 0.25) is 0 Å². The number of hydrogen-bond donors (Lipinski definition) is 1. The van der Waals surface area contributed by atoms with Crippen molar-refractivity contribution >= 4 is 5.69 Å². The molecule has 1 N–H and O–H groups in total. The van der Waals surface area contributed by atoms with Gasteiger partial charge in [-0.15, -0.1) is 0 Å². The highest BCUT2D eigenvalue weighted by Crippen LogP contribution is 2.29. The normalized spacial score (nSPS) is 20.8. The molecular formula is C12H17FN2O. The van der Waals surface area contributed by atoms with E-state index in [2.05, 4.69) is 5.32 Å². The summed E-state index contributed by atoms with van der Waals surface area (Å²) in [5, 5.41) is 3.25. The van der Waals surface area contributed by atoms with E-state index in [1.54, 1.807) is 12.1 Å². The number of nitrogens with zero attached hydrogens (tertiary/aromatic N) is 1. The van der Waals surface area contributed by atoms with Crippen molar-refractivity contribution in [1.29, 1.82) is 0 Å². The van der Waals surface area contributed by atoms with Crippen LogP contribution in [0.2, 0.25) is 0 Å². The third-order valence-electron chi connectivity index (χ3n) is 2.75. The molecule has 1 atom stereocenters. The van der Waals surface area contributed by atoms with Gasteiger partial charge in [0.1, 0.15) is 5.82 Å². The van der Waals surface area contributed by atoms with Gasteiger partial charge in [0.05, 0.1) is 12.7 Å². The SMILES string of the molecule is CN(C)c1ccc(F)cc1C1CNCCO1. The zero-order valence-corrected chi connectivity index (χ0v) is 9.66. The van der Waals surface area contributed by atoms with E-state index < -0.39 is 0 Å². The molecular weight excluding hydrogens is 207 g/mol. The highest BCUT2D eigenvalue weighted by Gasteiger charge is 2.20. The molecule has 0 saturated carbocycles. The van der Waals surface area contributed by atoms with Crippen molar-refractivity contribution in [1.82, 2.24) is 5.32 Å². The topological polar surface area (TPSA) is 24.5 Å². The molecule has 1 heterocycles. The third kappa shape index (κ3) is 2.33. The van der Waals surface area contributed by atoms with Crippen LogP contribution in [0.4, 0.5) is 10.1 Å². The molecule has 0 bridgehead atoms. The van der Waals surface area contributed by atoms with Crippen molar-refractivity contribution in [2.24, 2.45) is 0 Å². The smallest absolute Gasteiger partial charge is 0.123 e. The van der Waals surface area contributed by atoms with E-state index in [1.807, 2.05) is 19.0 Å². The lowest BCUT2D eigenvalue weighted by Gasteiger charge is -2.27. The van der Waals surface area contributed by atoms with Crippen LogP contribution in [0.5, 0.6) is 0 Å². The maximum atomic E-state index is 13.3. The summed E-state index contributed by atoms with van der Waals surface area (Å²) in [7, 11) is 3.90. The van der Waals surface area contributed by atoms with E-state index in [4.69, 9.17) is 4.74 Å². The molecule has 0 aliphatic carbocycles. The predicted octanol–water partition coefficient (Wildman–Crippen LogP) is 1.55. The van der Waals surface area contributed by atoms with Crippen LogP contribution < -0.4 is 10.2 Å². The zero-order valence-electron chi connectivity index (χ0n) is 9.66. The van der Waals surface area contributed by atoms with Crippen molar-refractivity contribution in [3.8, 4) is 0 Å². The van der Waals surface area contributed by atoms with Gasteiger partial charge in [-0.2, -0.15) is 0 Å². The summed E-state index contributed by atoms with van der Waals surface area (Å²) in [5.74, 6) is -0.213. The number of anilines is 1. The van der Waals surface area contributed by atoms with Crippen LogP contribution in [0.15, 0.2) is 18.2 Å². The number of rotatable bonds is 2. The Hall–Kier alpha value is -1.13. The second-order valence-corrected chi connectivity index (χ2v) is 4.16. The summed E-state index contributed by atoms with van der Waals surface area (Å²) in [6.45, 7) is 2.28. The van der Waals surface area contributed by atoms with Gasteiger partial charge in [0, 0.05) is 38.4 Å². The van der Waals surface area contributed by atoms with Gasteiger partial charge in [-0.25, -0.2) is 4.39 Å². The molecule has 1 aromatic carbocycles. The molecule has 1 aliphatic rings. The Morgan fingerprint density at radius 1 is 1.44 bits per heavy atom. The van der Waals surface area contributed by atoms with E-state index in [-0.39, 0.29) is 11.9 Å².